The van der Waals surface area contributed by atoms with Gasteiger partial charge in [0.1, 0.15) is 6.33 Å². The van der Waals surface area contributed by atoms with Crippen LogP contribution in [-0.2, 0) is 6.42 Å². The van der Waals surface area contributed by atoms with E-state index >= 15 is 0 Å². The topological polar surface area (TPSA) is 80.0 Å². The van der Waals surface area contributed by atoms with E-state index in [4.69, 9.17) is 11.0 Å². The zero-order valence-corrected chi connectivity index (χ0v) is 8.17. The van der Waals surface area contributed by atoms with Crippen molar-refractivity contribution in [3.8, 4) is 6.07 Å². The van der Waals surface area contributed by atoms with E-state index in [-0.39, 0.29) is 5.92 Å². The Morgan fingerprint density at radius 1 is 1.60 bits per heavy atom. The third-order valence-corrected chi connectivity index (χ3v) is 2.37. The standard InChI is InChI=1S/C10H11N5/c11-4-8(5-12)3-9-1-2-15-10(9)6-13-7-14-15/h1-2,6-8H,3-4,11H2. The number of fused-ring (bicyclic) bond motifs is 1. The predicted octanol–water partition coefficient (Wildman–Crippen LogP) is 0.370. The van der Waals surface area contributed by atoms with Gasteiger partial charge in [-0.3, -0.25) is 0 Å². The largest absolute Gasteiger partial charge is 0.329 e. The Balaban J connectivity index is 2.33. The van der Waals surface area contributed by atoms with Gasteiger partial charge in [0.15, 0.2) is 0 Å². The minimum absolute atomic E-state index is 0.142. The Bertz CT molecular complexity index is 496. The fourth-order valence-electron chi connectivity index (χ4n) is 1.53. The van der Waals surface area contributed by atoms with Gasteiger partial charge in [0, 0.05) is 12.7 Å². The van der Waals surface area contributed by atoms with Gasteiger partial charge in [-0.15, -0.1) is 0 Å². The van der Waals surface area contributed by atoms with E-state index in [0.717, 1.165) is 11.1 Å². The molecule has 2 aromatic heterocycles. The molecule has 0 radical (unpaired) electrons. The van der Waals surface area contributed by atoms with Crippen molar-refractivity contribution in [2.75, 3.05) is 6.54 Å². The molecule has 0 aliphatic heterocycles. The summed E-state index contributed by atoms with van der Waals surface area (Å²) in [6.45, 7) is 0.377. The number of nitrogens with two attached hydrogens (primary N) is 1. The first-order valence-electron chi connectivity index (χ1n) is 4.71. The number of nitrogens with zero attached hydrogens (tertiary/aromatic N) is 4. The van der Waals surface area contributed by atoms with Crippen molar-refractivity contribution in [2.24, 2.45) is 11.7 Å². The molecule has 0 aliphatic rings. The molecule has 5 heteroatoms. The lowest BCUT2D eigenvalue weighted by Crippen LogP contribution is -2.14. The summed E-state index contributed by atoms with van der Waals surface area (Å²) in [5, 5.41) is 12.9. The molecule has 1 unspecified atom stereocenters. The average Bonchev–Trinajstić information content (AvgIpc) is 2.69. The highest BCUT2D eigenvalue weighted by Crippen LogP contribution is 2.14. The molecular weight excluding hydrogens is 190 g/mol. The Morgan fingerprint density at radius 3 is 3.20 bits per heavy atom. The first-order chi connectivity index (χ1) is 7.35. The second kappa shape index (κ2) is 4.07. The molecule has 0 aromatic carbocycles. The van der Waals surface area contributed by atoms with Crippen LogP contribution in [0.1, 0.15) is 5.56 Å². The number of rotatable bonds is 3. The van der Waals surface area contributed by atoms with E-state index in [1.54, 1.807) is 10.7 Å². The van der Waals surface area contributed by atoms with Crippen molar-refractivity contribution in [3.63, 3.8) is 0 Å². The molecule has 2 heterocycles. The van der Waals surface area contributed by atoms with Crippen LogP contribution in [0.5, 0.6) is 0 Å². The lowest BCUT2D eigenvalue weighted by atomic mass is 10.0. The van der Waals surface area contributed by atoms with E-state index in [1.165, 1.54) is 6.33 Å². The molecule has 2 aromatic rings. The van der Waals surface area contributed by atoms with Crippen LogP contribution in [0.15, 0.2) is 24.8 Å². The summed E-state index contributed by atoms with van der Waals surface area (Å²) in [5.74, 6) is -0.142. The minimum atomic E-state index is -0.142. The Morgan fingerprint density at radius 2 is 2.47 bits per heavy atom. The van der Waals surface area contributed by atoms with Gasteiger partial charge in [-0.05, 0) is 18.1 Å². The third kappa shape index (κ3) is 1.80. The third-order valence-electron chi connectivity index (χ3n) is 2.37. The van der Waals surface area contributed by atoms with Crippen LogP contribution in [0.2, 0.25) is 0 Å². The van der Waals surface area contributed by atoms with Crippen molar-refractivity contribution in [1.29, 1.82) is 5.26 Å². The lowest BCUT2D eigenvalue weighted by Gasteiger charge is -2.03. The lowest BCUT2D eigenvalue weighted by molar-refractivity contribution is 0.676. The van der Waals surface area contributed by atoms with Gasteiger partial charge in [-0.25, -0.2) is 9.50 Å². The summed E-state index contributed by atoms with van der Waals surface area (Å²) in [4.78, 5) is 3.96. The number of hydrogen-bond acceptors (Lipinski definition) is 4. The van der Waals surface area contributed by atoms with Gasteiger partial charge in [-0.2, -0.15) is 10.4 Å². The summed E-state index contributed by atoms with van der Waals surface area (Å²) in [5.41, 5.74) is 7.48. The maximum atomic E-state index is 8.83. The van der Waals surface area contributed by atoms with Crippen LogP contribution < -0.4 is 5.73 Å². The van der Waals surface area contributed by atoms with Gasteiger partial charge in [0.25, 0.3) is 0 Å². The fraction of sp³-hybridized carbons (Fsp3) is 0.300. The summed E-state index contributed by atoms with van der Waals surface area (Å²) >= 11 is 0. The molecule has 0 amide bonds. The van der Waals surface area contributed by atoms with Crippen molar-refractivity contribution >= 4 is 5.52 Å². The quantitative estimate of drug-likeness (QED) is 0.778. The molecule has 0 saturated heterocycles. The maximum absolute atomic E-state index is 8.83. The molecule has 0 spiro atoms. The zero-order valence-electron chi connectivity index (χ0n) is 8.17. The Kier molecular flexibility index (Phi) is 2.61. The SMILES string of the molecule is N#CC(CN)Cc1ccn2ncncc12. The second-order valence-corrected chi connectivity index (χ2v) is 3.35. The minimum Gasteiger partial charge on any atom is -0.329 e. The fourth-order valence-corrected chi connectivity index (χ4v) is 1.53. The molecular formula is C10H11N5. The van der Waals surface area contributed by atoms with Gasteiger partial charge in [0.05, 0.1) is 23.7 Å². The summed E-state index contributed by atoms with van der Waals surface area (Å²) in [6, 6.07) is 4.13. The number of aromatic nitrogens is 3. The van der Waals surface area contributed by atoms with Crippen LogP contribution in [-0.4, -0.2) is 21.1 Å². The molecule has 0 saturated carbocycles. The molecule has 1 atom stereocenters. The Hall–Kier alpha value is -1.93. The summed E-state index contributed by atoms with van der Waals surface area (Å²) in [7, 11) is 0. The van der Waals surface area contributed by atoms with Crippen molar-refractivity contribution in [1.82, 2.24) is 14.6 Å². The van der Waals surface area contributed by atoms with E-state index in [9.17, 15) is 0 Å². The monoisotopic (exact) mass is 201 g/mol. The van der Waals surface area contributed by atoms with E-state index < -0.39 is 0 Å². The molecule has 15 heavy (non-hydrogen) atoms. The van der Waals surface area contributed by atoms with Gasteiger partial charge >= 0.3 is 0 Å². The van der Waals surface area contributed by atoms with E-state index in [2.05, 4.69) is 16.2 Å². The molecule has 2 rings (SSSR count). The van der Waals surface area contributed by atoms with Gasteiger partial charge in [0.2, 0.25) is 0 Å². The average molecular weight is 201 g/mol. The van der Waals surface area contributed by atoms with Crippen molar-refractivity contribution in [3.05, 3.63) is 30.4 Å². The number of nitriles is 1. The van der Waals surface area contributed by atoms with Crippen LogP contribution in [0.25, 0.3) is 5.52 Å². The highest BCUT2D eigenvalue weighted by molar-refractivity contribution is 5.53. The molecule has 2 N–H and O–H groups in total. The molecule has 5 nitrogen and oxygen atoms in total. The molecule has 0 bridgehead atoms. The molecule has 76 valence electrons. The maximum Gasteiger partial charge on any atom is 0.136 e. The summed E-state index contributed by atoms with van der Waals surface area (Å²) < 4.78 is 1.74. The van der Waals surface area contributed by atoms with Crippen LogP contribution in [0, 0.1) is 17.2 Å². The van der Waals surface area contributed by atoms with Crippen LogP contribution in [0.3, 0.4) is 0 Å². The zero-order chi connectivity index (χ0) is 10.7. The first-order valence-corrected chi connectivity index (χ1v) is 4.71. The highest BCUT2D eigenvalue weighted by Gasteiger charge is 2.10. The van der Waals surface area contributed by atoms with E-state index in [1.807, 2.05) is 12.3 Å². The van der Waals surface area contributed by atoms with Crippen LogP contribution in [0.4, 0.5) is 0 Å². The molecule has 0 aliphatic carbocycles. The van der Waals surface area contributed by atoms with Gasteiger partial charge < -0.3 is 5.73 Å². The Labute approximate surface area is 87.1 Å². The smallest absolute Gasteiger partial charge is 0.136 e. The van der Waals surface area contributed by atoms with Crippen molar-refractivity contribution < 1.29 is 0 Å². The number of hydrogen-bond donors (Lipinski definition) is 1. The van der Waals surface area contributed by atoms with Gasteiger partial charge in [-0.1, -0.05) is 0 Å². The predicted molar refractivity (Wildman–Crippen MR) is 54.8 cm³/mol. The van der Waals surface area contributed by atoms with E-state index in [0.29, 0.717) is 13.0 Å². The first kappa shape index (κ1) is 9.62. The van der Waals surface area contributed by atoms with Crippen LogP contribution >= 0.6 is 0 Å². The molecule has 0 fully saturated rings. The van der Waals surface area contributed by atoms with Crippen molar-refractivity contribution in [2.45, 2.75) is 6.42 Å². The summed E-state index contributed by atoms with van der Waals surface area (Å²) in [6.07, 6.45) is 5.74. The second-order valence-electron chi connectivity index (χ2n) is 3.35. The highest BCUT2D eigenvalue weighted by atomic mass is 15.2. The normalized spacial score (nSPS) is 12.5.